The highest BCUT2D eigenvalue weighted by molar-refractivity contribution is 5.97. The van der Waals surface area contributed by atoms with E-state index >= 15 is 0 Å². The Morgan fingerprint density at radius 2 is 1.96 bits per heavy atom. The second-order valence-electron chi connectivity index (χ2n) is 6.05. The number of hydrogen-bond donors (Lipinski definition) is 1. The second kappa shape index (κ2) is 7.72. The fourth-order valence-electron chi connectivity index (χ4n) is 2.28. The highest BCUT2D eigenvalue weighted by Gasteiger charge is 2.22. The molecule has 0 aliphatic rings. The standard InChI is InChI=1S/C18H23N3O2/c1-12(2)10-16(18-21-20-14(4)23-18)19-17(22)13(3)11-15-8-6-5-7-9-15/h5-9,11-12,16H,10H2,1-4H3,(H,19,22)/b13-11+. The minimum Gasteiger partial charge on any atom is -0.423 e. The monoisotopic (exact) mass is 313 g/mol. The number of hydrogen-bond acceptors (Lipinski definition) is 4. The molecule has 0 bridgehead atoms. The molecule has 0 spiro atoms. The Bertz CT molecular complexity index is 675. The van der Waals surface area contributed by atoms with Crippen LogP contribution in [0.4, 0.5) is 0 Å². The summed E-state index contributed by atoms with van der Waals surface area (Å²) >= 11 is 0. The van der Waals surface area contributed by atoms with Crippen molar-refractivity contribution in [2.24, 2.45) is 5.92 Å². The Hall–Kier alpha value is -2.43. The zero-order valence-electron chi connectivity index (χ0n) is 14.0. The minimum absolute atomic E-state index is 0.129. The molecule has 1 unspecified atom stereocenters. The van der Waals surface area contributed by atoms with Gasteiger partial charge in [0, 0.05) is 12.5 Å². The summed E-state index contributed by atoms with van der Waals surface area (Å²) in [6.45, 7) is 7.73. The zero-order valence-corrected chi connectivity index (χ0v) is 14.0. The molecule has 23 heavy (non-hydrogen) atoms. The summed E-state index contributed by atoms with van der Waals surface area (Å²) in [5.41, 5.74) is 1.63. The topological polar surface area (TPSA) is 68.0 Å². The predicted octanol–water partition coefficient (Wildman–Crippen LogP) is 3.68. The highest BCUT2D eigenvalue weighted by Crippen LogP contribution is 2.21. The van der Waals surface area contributed by atoms with Gasteiger partial charge in [-0.2, -0.15) is 0 Å². The van der Waals surface area contributed by atoms with Crippen LogP contribution in [-0.4, -0.2) is 16.1 Å². The van der Waals surface area contributed by atoms with Gasteiger partial charge in [-0.25, -0.2) is 0 Å². The van der Waals surface area contributed by atoms with Crippen LogP contribution in [0.15, 0.2) is 40.3 Å². The molecule has 2 aromatic rings. The number of nitrogens with zero attached hydrogens (tertiary/aromatic N) is 2. The van der Waals surface area contributed by atoms with E-state index in [0.29, 0.717) is 23.3 Å². The number of aryl methyl sites for hydroxylation is 1. The largest absolute Gasteiger partial charge is 0.423 e. The van der Waals surface area contributed by atoms with Gasteiger partial charge in [0.05, 0.1) is 0 Å². The van der Waals surface area contributed by atoms with Crippen LogP contribution >= 0.6 is 0 Å². The molecule has 0 aliphatic carbocycles. The van der Waals surface area contributed by atoms with Crippen LogP contribution in [0, 0.1) is 12.8 Å². The first-order chi connectivity index (χ1) is 11.0. The molecule has 1 amide bonds. The van der Waals surface area contributed by atoms with Crippen LogP contribution in [0.2, 0.25) is 0 Å². The summed E-state index contributed by atoms with van der Waals surface area (Å²) in [5.74, 6) is 1.22. The second-order valence-corrected chi connectivity index (χ2v) is 6.05. The first-order valence-electron chi connectivity index (χ1n) is 7.80. The number of rotatable bonds is 6. The molecule has 1 aromatic carbocycles. The summed E-state index contributed by atoms with van der Waals surface area (Å²) in [6.07, 6.45) is 2.60. The van der Waals surface area contributed by atoms with Crippen LogP contribution in [0.3, 0.4) is 0 Å². The van der Waals surface area contributed by atoms with Crippen molar-refractivity contribution in [2.45, 2.75) is 40.2 Å². The highest BCUT2D eigenvalue weighted by atomic mass is 16.4. The Balaban J connectivity index is 2.12. The van der Waals surface area contributed by atoms with Crippen LogP contribution in [0.5, 0.6) is 0 Å². The molecular weight excluding hydrogens is 290 g/mol. The van der Waals surface area contributed by atoms with Gasteiger partial charge in [0.25, 0.3) is 0 Å². The lowest BCUT2D eigenvalue weighted by Crippen LogP contribution is -2.30. The predicted molar refractivity (Wildman–Crippen MR) is 89.5 cm³/mol. The summed E-state index contributed by atoms with van der Waals surface area (Å²) in [5, 5.41) is 10.9. The third kappa shape index (κ3) is 5.06. The maximum absolute atomic E-state index is 12.5. The Labute approximate surface area is 136 Å². The maximum Gasteiger partial charge on any atom is 0.247 e. The van der Waals surface area contributed by atoms with E-state index in [-0.39, 0.29) is 11.9 Å². The van der Waals surface area contributed by atoms with Crippen molar-refractivity contribution < 1.29 is 9.21 Å². The number of carbonyl (C=O) groups excluding carboxylic acids is 1. The Kier molecular flexibility index (Phi) is 5.68. The van der Waals surface area contributed by atoms with Gasteiger partial charge in [0.15, 0.2) is 0 Å². The summed E-state index contributed by atoms with van der Waals surface area (Å²) in [6, 6.07) is 9.49. The molecule has 0 saturated heterocycles. The minimum atomic E-state index is -0.275. The fourth-order valence-corrected chi connectivity index (χ4v) is 2.28. The number of aromatic nitrogens is 2. The third-order valence-corrected chi connectivity index (χ3v) is 3.39. The van der Waals surface area contributed by atoms with E-state index in [4.69, 9.17) is 4.42 Å². The van der Waals surface area contributed by atoms with Gasteiger partial charge in [0.2, 0.25) is 17.7 Å². The van der Waals surface area contributed by atoms with Crippen molar-refractivity contribution >= 4 is 12.0 Å². The van der Waals surface area contributed by atoms with Crippen LogP contribution in [-0.2, 0) is 4.79 Å². The molecule has 5 heteroatoms. The molecule has 1 heterocycles. The number of carbonyl (C=O) groups is 1. The number of nitrogens with one attached hydrogen (secondary N) is 1. The smallest absolute Gasteiger partial charge is 0.247 e. The van der Waals surface area contributed by atoms with Crippen molar-refractivity contribution in [3.8, 4) is 0 Å². The quantitative estimate of drug-likeness (QED) is 0.826. The van der Waals surface area contributed by atoms with Crippen LogP contribution in [0.1, 0.15) is 50.6 Å². The lowest BCUT2D eigenvalue weighted by Gasteiger charge is -2.17. The van der Waals surface area contributed by atoms with E-state index in [1.54, 1.807) is 13.8 Å². The molecule has 1 atom stereocenters. The van der Waals surface area contributed by atoms with E-state index in [1.165, 1.54) is 0 Å². The van der Waals surface area contributed by atoms with Gasteiger partial charge in [-0.3, -0.25) is 4.79 Å². The van der Waals surface area contributed by atoms with E-state index in [1.807, 2.05) is 36.4 Å². The van der Waals surface area contributed by atoms with E-state index in [2.05, 4.69) is 29.4 Å². The van der Waals surface area contributed by atoms with Crippen molar-refractivity contribution in [1.29, 1.82) is 0 Å². The van der Waals surface area contributed by atoms with Gasteiger partial charge in [-0.05, 0) is 30.9 Å². The van der Waals surface area contributed by atoms with Gasteiger partial charge >= 0.3 is 0 Å². The summed E-state index contributed by atoms with van der Waals surface area (Å²) in [4.78, 5) is 12.5. The van der Waals surface area contributed by atoms with Crippen molar-refractivity contribution in [3.05, 3.63) is 53.2 Å². The van der Waals surface area contributed by atoms with Crippen LogP contribution in [0.25, 0.3) is 6.08 Å². The van der Waals surface area contributed by atoms with Gasteiger partial charge in [-0.1, -0.05) is 44.2 Å². The van der Waals surface area contributed by atoms with Crippen molar-refractivity contribution in [3.63, 3.8) is 0 Å². The SMILES string of the molecule is C/C(=C\c1ccccc1)C(=O)NC(CC(C)C)c1nnc(C)o1. The molecule has 0 aliphatic heterocycles. The molecule has 5 nitrogen and oxygen atoms in total. The maximum atomic E-state index is 12.5. The lowest BCUT2D eigenvalue weighted by molar-refractivity contribution is -0.118. The van der Waals surface area contributed by atoms with Gasteiger partial charge < -0.3 is 9.73 Å². The van der Waals surface area contributed by atoms with E-state index in [9.17, 15) is 4.79 Å². The third-order valence-electron chi connectivity index (χ3n) is 3.39. The molecule has 0 fully saturated rings. The van der Waals surface area contributed by atoms with Crippen LogP contribution < -0.4 is 5.32 Å². The zero-order chi connectivity index (χ0) is 16.8. The molecular formula is C18H23N3O2. The Morgan fingerprint density at radius 1 is 1.26 bits per heavy atom. The average molecular weight is 313 g/mol. The summed E-state index contributed by atoms with van der Waals surface area (Å²) in [7, 11) is 0. The van der Waals surface area contributed by atoms with Crippen molar-refractivity contribution in [2.75, 3.05) is 0 Å². The molecule has 1 aromatic heterocycles. The molecule has 2 rings (SSSR count). The molecule has 1 N–H and O–H groups in total. The average Bonchev–Trinajstić information content (AvgIpc) is 2.93. The first kappa shape index (κ1) is 16.9. The number of amides is 1. The molecule has 122 valence electrons. The lowest BCUT2D eigenvalue weighted by atomic mass is 10.0. The summed E-state index contributed by atoms with van der Waals surface area (Å²) < 4.78 is 5.49. The van der Waals surface area contributed by atoms with E-state index in [0.717, 1.165) is 12.0 Å². The Morgan fingerprint density at radius 3 is 2.52 bits per heavy atom. The molecule has 0 saturated carbocycles. The van der Waals surface area contributed by atoms with Crippen molar-refractivity contribution in [1.82, 2.24) is 15.5 Å². The van der Waals surface area contributed by atoms with Gasteiger partial charge in [-0.15, -0.1) is 10.2 Å². The normalized spacial score (nSPS) is 13.2. The number of benzene rings is 1. The van der Waals surface area contributed by atoms with Gasteiger partial charge in [0.1, 0.15) is 6.04 Å². The van der Waals surface area contributed by atoms with E-state index < -0.39 is 0 Å². The fraction of sp³-hybridized carbons (Fsp3) is 0.389. The first-order valence-corrected chi connectivity index (χ1v) is 7.80. The molecule has 0 radical (unpaired) electrons.